The lowest BCUT2D eigenvalue weighted by Crippen LogP contribution is -2.31. The molecule has 3 aromatic heterocycles. The number of carbonyl (C=O) groups excluding carboxylic acids is 2. The number of esters is 2. The van der Waals surface area contributed by atoms with E-state index in [0.717, 1.165) is 55.8 Å². The number of ether oxygens (including phenoxy) is 2. The molecule has 8 bridgehead atoms. The number of H-pyrrole nitrogens is 2. The Morgan fingerprint density at radius 2 is 0.790 bits per heavy atom. The highest BCUT2D eigenvalue weighted by molar-refractivity contribution is 5.98. The largest absolute Gasteiger partial charge is 0.468 e. The molecule has 4 aromatic carbocycles. The van der Waals surface area contributed by atoms with Crippen molar-refractivity contribution in [3.63, 3.8) is 0 Å². The summed E-state index contributed by atoms with van der Waals surface area (Å²) >= 11 is 0. The van der Waals surface area contributed by atoms with Crippen molar-refractivity contribution in [2.24, 2.45) is 11.8 Å². The van der Waals surface area contributed by atoms with Crippen LogP contribution in [-0.4, -0.2) is 46.1 Å². The molecule has 2 N–H and O–H groups in total. The summed E-state index contributed by atoms with van der Waals surface area (Å²) in [5.41, 5.74) is 11.0. The molecule has 0 radical (unpaired) electrons. The van der Waals surface area contributed by atoms with Crippen LogP contribution in [0, 0.1) is 34.5 Å². The van der Waals surface area contributed by atoms with Gasteiger partial charge in [-0.1, -0.05) is 121 Å². The Bertz CT molecular complexity index is 2920. The smallest absolute Gasteiger partial charge is 0.323 e. The summed E-state index contributed by atoms with van der Waals surface area (Å²) in [6.07, 6.45) is 4.05. The van der Waals surface area contributed by atoms with Gasteiger partial charge < -0.3 is 19.4 Å². The van der Waals surface area contributed by atoms with Crippen molar-refractivity contribution in [2.45, 2.75) is 11.8 Å². The van der Waals surface area contributed by atoms with Gasteiger partial charge in [-0.2, -0.15) is 10.5 Å². The molecule has 10 nitrogen and oxygen atoms in total. The van der Waals surface area contributed by atoms with Crippen molar-refractivity contribution in [1.82, 2.24) is 19.9 Å². The maximum Gasteiger partial charge on any atom is 0.323 e. The average molecular weight is 811 g/mol. The van der Waals surface area contributed by atoms with Gasteiger partial charge in [-0.05, 0) is 58.7 Å². The van der Waals surface area contributed by atoms with E-state index in [4.69, 9.17) is 19.4 Å². The summed E-state index contributed by atoms with van der Waals surface area (Å²) in [5, 5.41) is 21.9. The van der Waals surface area contributed by atoms with E-state index in [0.29, 0.717) is 33.5 Å². The molecule has 0 saturated heterocycles. The van der Waals surface area contributed by atoms with E-state index < -0.39 is 35.6 Å². The standard InChI is InChI=1S/C52H38N6O4/c1-61-51(59)35(29-53)47-48(36(30-54)52(60)62-2)50-46(34-21-13-6-14-22-34)42-28-26-40(57-42)44(32-17-9-4-10-18-32)38-24-23-37(55-38)43(31-15-7-3-8-16-31)39-25-27-41(56-39)45(49(47)58-50)33-19-11-5-12-20-33/h3-28,35-36,47-48,56-57H,1-2H3/t35?,36?,47-,48-/m0/s1. The maximum absolute atomic E-state index is 13.9. The number of methoxy groups -OCH3 is 2. The van der Waals surface area contributed by atoms with Crippen LogP contribution in [0.15, 0.2) is 146 Å². The quantitative estimate of drug-likeness (QED) is 0.144. The second-order valence-corrected chi connectivity index (χ2v) is 14.9. The second kappa shape index (κ2) is 16.7. The molecule has 62 heavy (non-hydrogen) atoms. The van der Waals surface area contributed by atoms with E-state index in [1.807, 2.05) is 158 Å². The molecule has 2 unspecified atom stereocenters. The number of nitrogens with zero attached hydrogens (tertiary/aromatic N) is 4. The highest BCUT2D eigenvalue weighted by Gasteiger charge is 2.50. The van der Waals surface area contributed by atoms with Gasteiger partial charge in [0.05, 0.1) is 49.1 Å². The normalized spacial score (nSPS) is 15.2. The number of carbonyl (C=O) groups is 2. The lowest BCUT2D eigenvalue weighted by Gasteiger charge is -2.27. The van der Waals surface area contributed by atoms with E-state index >= 15 is 0 Å². The van der Waals surface area contributed by atoms with Crippen molar-refractivity contribution < 1.29 is 19.1 Å². The van der Waals surface area contributed by atoms with Gasteiger partial charge in [0.2, 0.25) is 0 Å². The molecule has 0 fully saturated rings. The summed E-state index contributed by atoms with van der Waals surface area (Å²) in [6, 6.07) is 51.3. The number of hydrogen-bond donors (Lipinski definition) is 2. The minimum Gasteiger partial charge on any atom is -0.468 e. The molecule has 9 rings (SSSR count). The lowest BCUT2D eigenvalue weighted by atomic mass is 9.72. The highest BCUT2D eigenvalue weighted by Crippen LogP contribution is 2.52. The van der Waals surface area contributed by atoms with Crippen molar-refractivity contribution >= 4 is 46.2 Å². The Kier molecular flexibility index (Phi) is 10.6. The van der Waals surface area contributed by atoms with E-state index in [-0.39, 0.29) is 0 Å². The molecule has 0 spiro atoms. The molecule has 0 aliphatic carbocycles. The maximum atomic E-state index is 13.9. The van der Waals surface area contributed by atoms with Crippen LogP contribution < -0.4 is 0 Å². The van der Waals surface area contributed by atoms with E-state index in [1.165, 1.54) is 14.2 Å². The number of rotatable bonds is 8. The van der Waals surface area contributed by atoms with E-state index in [1.54, 1.807) is 0 Å². The average Bonchev–Trinajstić information content (AvgIpc) is 4.16. The van der Waals surface area contributed by atoms with Gasteiger partial charge in [-0.25, -0.2) is 4.98 Å². The summed E-state index contributed by atoms with van der Waals surface area (Å²) in [4.78, 5) is 46.0. The van der Waals surface area contributed by atoms with Gasteiger partial charge in [-0.3, -0.25) is 14.6 Å². The predicted molar refractivity (Wildman–Crippen MR) is 239 cm³/mol. The minimum absolute atomic E-state index is 0.324. The van der Waals surface area contributed by atoms with Crippen LogP contribution in [0.3, 0.4) is 0 Å². The Hall–Kier alpha value is -8.34. The van der Waals surface area contributed by atoms with Crippen LogP contribution >= 0.6 is 0 Å². The number of aromatic amines is 2. The first-order chi connectivity index (χ1) is 30.4. The first kappa shape index (κ1) is 39.1. The van der Waals surface area contributed by atoms with Crippen molar-refractivity contribution in [3.8, 4) is 56.6 Å². The third kappa shape index (κ3) is 6.90. The third-order valence-corrected chi connectivity index (χ3v) is 11.5. The van der Waals surface area contributed by atoms with Crippen LogP contribution in [0.2, 0.25) is 0 Å². The van der Waals surface area contributed by atoms with Crippen LogP contribution in [0.4, 0.5) is 0 Å². The summed E-state index contributed by atoms with van der Waals surface area (Å²) in [6.45, 7) is 0. The first-order valence-electron chi connectivity index (χ1n) is 20.1. The van der Waals surface area contributed by atoms with Gasteiger partial charge in [0.25, 0.3) is 0 Å². The molecule has 300 valence electrons. The Morgan fingerprint density at radius 3 is 1.10 bits per heavy atom. The van der Waals surface area contributed by atoms with Crippen LogP contribution in [0.25, 0.3) is 78.7 Å². The molecule has 0 saturated carbocycles. The summed E-state index contributed by atoms with van der Waals surface area (Å²) < 4.78 is 10.6. The Morgan fingerprint density at radius 1 is 0.484 bits per heavy atom. The van der Waals surface area contributed by atoms with Gasteiger partial charge in [0.1, 0.15) is 0 Å². The lowest BCUT2D eigenvalue weighted by molar-refractivity contribution is -0.147. The second-order valence-electron chi connectivity index (χ2n) is 14.9. The number of hydrogen-bond acceptors (Lipinski definition) is 8. The van der Waals surface area contributed by atoms with Crippen LogP contribution in [-0.2, 0) is 19.1 Å². The van der Waals surface area contributed by atoms with Crippen LogP contribution in [0.1, 0.15) is 34.6 Å². The van der Waals surface area contributed by atoms with E-state index in [9.17, 15) is 20.1 Å². The predicted octanol–water partition coefficient (Wildman–Crippen LogP) is 10.6. The molecule has 0 amide bonds. The number of aromatic nitrogens is 4. The number of fused-ring (bicyclic) bond motifs is 8. The molecule has 2 aliphatic rings. The topological polar surface area (TPSA) is 158 Å². The minimum atomic E-state index is -1.50. The van der Waals surface area contributed by atoms with E-state index in [2.05, 4.69) is 22.1 Å². The zero-order valence-corrected chi connectivity index (χ0v) is 33.7. The molecular weight excluding hydrogens is 773 g/mol. The molecular formula is C52H38N6O4. The molecule has 10 heteroatoms. The van der Waals surface area contributed by atoms with Crippen LogP contribution in [0.5, 0.6) is 0 Å². The summed E-state index contributed by atoms with van der Waals surface area (Å²) in [7, 11) is 2.43. The van der Waals surface area contributed by atoms with Gasteiger partial charge >= 0.3 is 11.9 Å². The fourth-order valence-corrected chi connectivity index (χ4v) is 8.81. The molecule has 7 aromatic rings. The first-order valence-corrected chi connectivity index (χ1v) is 20.1. The Balaban J connectivity index is 1.57. The monoisotopic (exact) mass is 810 g/mol. The van der Waals surface area contributed by atoms with Crippen molar-refractivity contribution in [1.29, 1.82) is 10.5 Å². The fraction of sp³-hybridized carbons (Fsp3) is 0.115. The van der Waals surface area contributed by atoms with Gasteiger partial charge in [0, 0.05) is 56.2 Å². The van der Waals surface area contributed by atoms with Crippen molar-refractivity contribution in [3.05, 3.63) is 168 Å². The molecule has 2 aliphatic heterocycles. The van der Waals surface area contributed by atoms with Gasteiger partial charge in [0.15, 0.2) is 11.8 Å². The zero-order chi connectivity index (χ0) is 42.7. The SMILES string of the molecule is COC(=O)C(C#N)[C@@H]1c2nc(c(-c3ccccc3)c3ccc([nH]3)c(-c3ccccc3)c3nc(c(-c4ccccc4)c4ccc([nH]4)c2-c2ccccc2)C=C3)[C@H]1C(C#N)C(=O)OC. The van der Waals surface area contributed by atoms with Gasteiger partial charge in [-0.15, -0.1) is 0 Å². The Labute approximate surface area is 357 Å². The molecule has 4 atom stereocenters. The zero-order valence-electron chi connectivity index (χ0n) is 33.7. The number of benzene rings is 4. The third-order valence-electron chi connectivity index (χ3n) is 11.5. The van der Waals surface area contributed by atoms with Crippen molar-refractivity contribution in [2.75, 3.05) is 14.2 Å². The molecule has 5 heterocycles. The number of nitriles is 2. The highest BCUT2D eigenvalue weighted by atomic mass is 16.5. The summed E-state index contributed by atoms with van der Waals surface area (Å²) in [5.74, 6) is -6.98. The number of nitrogens with one attached hydrogen (secondary N) is 2. The fourth-order valence-electron chi connectivity index (χ4n) is 8.81.